The minimum Gasteiger partial charge on any atom is -0.328 e. The zero-order chi connectivity index (χ0) is 18.4. The Morgan fingerprint density at radius 2 is 2.27 bits per heavy atom. The van der Waals surface area contributed by atoms with Crippen LogP contribution in [-0.4, -0.2) is 31.7 Å². The Balaban J connectivity index is 1.95. The molecule has 4 rings (SSSR count). The molecule has 0 saturated carbocycles. The van der Waals surface area contributed by atoms with Gasteiger partial charge in [-0.05, 0) is 18.7 Å². The van der Waals surface area contributed by atoms with Gasteiger partial charge in [0.15, 0.2) is 0 Å². The van der Waals surface area contributed by atoms with Crippen LogP contribution in [0, 0.1) is 16.0 Å². The molecule has 1 aromatic heterocycles. The smallest absolute Gasteiger partial charge is 0.269 e. The number of hydrogen-bond donors (Lipinski definition) is 1. The molecule has 0 bridgehead atoms. The normalized spacial score (nSPS) is 21.5. The van der Waals surface area contributed by atoms with Crippen molar-refractivity contribution in [2.75, 3.05) is 11.6 Å². The van der Waals surface area contributed by atoms with Crippen LogP contribution in [0.25, 0.3) is 0 Å². The number of fused-ring (bicyclic) bond motifs is 2. The zero-order valence-corrected chi connectivity index (χ0v) is 15.3. The molecule has 2 heterocycles. The van der Waals surface area contributed by atoms with E-state index in [0.29, 0.717) is 34.5 Å². The molecule has 8 nitrogen and oxygen atoms in total. The van der Waals surface area contributed by atoms with Crippen LogP contribution in [0.3, 0.4) is 0 Å². The van der Waals surface area contributed by atoms with E-state index >= 15 is 0 Å². The molecule has 0 radical (unpaired) electrons. The predicted molar refractivity (Wildman–Crippen MR) is 97.5 cm³/mol. The minimum absolute atomic E-state index is 0.0504. The number of nitro benzene ring substituents is 1. The lowest BCUT2D eigenvalue weighted by Crippen LogP contribution is -2.39. The second-order valence-corrected chi connectivity index (χ2v) is 7.22. The Hall–Kier alpha value is -2.39. The lowest BCUT2D eigenvalue weighted by Gasteiger charge is -2.36. The quantitative estimate of drug-likeness (QED) is 0.485. The van der Waals surface area contributed by atoms with Crippen molar-refractivity contribution in [3.05, 3.63) is 50.7 Å². The van der Waals surface area contributed by atoms with Gasteiger partial charge < -0.3 is 5.32 Å². The van der Waals surface area contributed by atoms with Gasteiger partial charge in [-0.2, -0.15) is 4.98 Å². The van der Waals surface area contributed by atoms with Gasteiger partial charge in [-0.15, -0.1) is 5.10 Å². The number of allylic oxidation sites excluding steroid dienone is 2. The van der Waals surface area contributed by atoms with E-state index in [-0.39, 0.29) is 11.5 Å². The number of nitrogens with zero attached hydrogens (tertiary/aromatic N) is 4. The summed E-state index contributed by atoms with van der Waals surface area (Å²) in [5.41, 5.74) is 1.16. The van der Waals surface area contributed by atoms with E-state index in [4.69, 9.17) is 11.6 Å². The molecule has 1 aliphatic heterocycles. The van der Waals surface area contributed by atoms with E-state index < -0.39 is 16.9 Å². The van der Waals surface area contributed by atoms with Crippen LogP contribution in [0.4, 0.5) is 11.6 Å². The summed E-state index contributed by atoms with van der Waals surface area (Å²) in [4.78, 5) is 27.9. The van der Waals surface area contributed by atoms with E-state index in [1.165, 1.54) is 30.0 Å². The molecule has 0 spiro atoms. The lowest BCUT2D eigenvalue weighted by atomic mass is 9.80. The number of anilines is 1. The molecule has 10 heteroatoms. The van der Waals surface area contributed by atoms with Crippen molar-refractivity contribution >= 4 is 40.8 Å². The summed E-state index contributed by atoms with van der Waals surface area (Å²) < 4.78 is 1.61. The van der Waals surface area contributed by atoms with Gasteiger partial charge in [0, 0.05) is 34.8 Å². The zero-order valence-electron chi connectivity index (χ0n) is 13.7. The van der Waals surface area contributed by atoms with Crippen molar-refractivity contribution in [3.8, 4) is 0 Å². The third-order valence-corrected chi connectivity index (χ3v) is 5.46. The van der Waals surface area contributed by atoms with E-state index in [1.807, 2.05) is 12.3 Å². The van der Waals surface area contributed by atoms with Crippen LogP contribution < -0.4 is 5.32 Å². The number of thioether (sulfide) groups is 1. The van der Waals surface area contributed by atoms with Crippen LogP contribution in [0.15, 0.2) is 35.1 Å². The van der Waals surface area contributed by atoms with E-state index in [1.54, 1.807) is 4.68 Å². The van der Waals surface area contributed by atoms with Crippen LogP contribution in [0.1, 0.15) is 24.4 Å². The molecule has 2 aliphatic rings. The van der Waals surface area contributed by atoms with Gasteiger partial charge in [-0.25, -0.2) is 4.68 Å². The molecule has 1 N–H and O–H groups in total. The third-order valence-electron chi connectivity index (χ3n) is 4.58. The monoisotopic (exact) mass is 391 g/mol. The highest BCUT2D eigenvalue weighted by molar-refractivity contribution is 7.98. The lowest BCUT2D eigenvalue weighted by molar-refractivity contribution is -0.384. The molecule has 26 heavy (non-hydrogen) atoms. The topological polar surface area (TPSA) is 103 Å². The fourth-order valence-electron chi connectivity index (χ4n) is 3.42. The fourth-order valence-corrected chi connectivity index (χ4v) is 4.00. The summed E-state index contributed by atoms with van der Waals surface area (Å²) in [6.45, 7) is 0. The Morgan fingerprint density at radius 3 is 3.00 bits per heavy atom. The van der Waals surface area contributed by atoms with E-state index in [9.17, 15) is 14.9 Å². The highest BCUT2D eigenvalue weighted by Gasteiger charge is 2.42. The first-order valence-electron chi connectivity index (χ1n) is 7.93. The second-order valence-electron chi connectivity index (χ2n) is 6.04. The summed E-state index contributed by atoms with van der Waals surface area (Å²) in [7, 11) is 0. The van der Waals surface area contributed by atoms with Gasteiger partial charge in [0.05, 0.1) is 16.9 Å². The van der Waals surface area contributed by atoms with Crippen molar-refractivity contribution in [2.24, 2.45) is 5.92 Å². The van der Waals surface area contributed by atoms with Gasteiger partial charge in [0.25, 0.3) is 5.69 Å². The molecular weight excluding hydrogens is 378 g/mol. The average molecular weight is 392 g/mol. The van der Waals surface area contributed by atoms with Gasteiger partial charge >= 0.3 is 0 Å². The SMILES string of the molecule is CSc1nc2n(n1)[C@H](c1cc([N+](=O)[O-])ccc1Cl)[C@H]1C(=O)CCC=C1N2. The van der Waals surface area contributed by atoms with Gasteiger partial charge in [-0.1, -0.05) is 29.4 Å². The fraction of sp³-hybridized carbons (Fsp3) is 0.312. The van der Waals surface area contributed by atoms with Gasteiger partial charge in [0.1, 0.15) is 5.78 Å². The molecule has 2 atom stereocenters. The molecular formula is C16H14ClN5O3S. The maximum atomic E-state index is 12.7. The molecule has 1 aromatic carbocycles. The number of halogens is 1. The highest BCUT2D eigenvalue weighted by atomic mass is 35.5. The van der Waals surface area contributed by atoms with Gasteiger partial charge in [-0.3, -0.25) is 14.9 Å². The number of rotatable bonds is 3. The van der Waals surface area contributed by atoms with Crippen molar-refractivity contribution in [3.63, 3.8) is 0 Å². The number of hydrogen-bond acceptors (Lipinski definition) is 7. The van der Waals surface area contributed by atoms with Crippen LogP contribution in [0.2, 0.25) is 5.02 Å². The Kier molecular flexibility index (Phi) is 4.20. The van der Waals surface area contributed by atoms with Crippen molar-refractivity contribution < 1.29 is 9.72 Å². The Morgan fingerprint density at radius 1 is 1.46 bits per heavy atom. The number of aromatic nitrogens is 3. The number of carbonyl (C=O) groups excluding carboxylic acids is 1. The number of benzene rings is 1. The maximum Gasteiger partial charge on any atom is 0.269 e. The molecule has 0 amide bonds. The van der Waals surface area contributed by atoms with Crippen LogP contribution in [0.5, 0.6) is 0 Å². The molecule has 0 fully saturated rings. The van der Waals surface area contributed by atoms with Crippen LogP contribution >= 0.6 is 23.4 Å². The maximum absolute atomic E-state index is 12.7. The second kappa shape index (κ2) is 6.40. The standard InChI is InChI=1S/C16H14ClN5O3S/c1-26-16-19-15-18-11-3-2-4-12(23)13(11)14(21(15)20-16)9-7-8(22(24)25)5-6-10(9)17/h3,5-7,13-14H,2,4H2,1H3,(H,18,19,20)/t13-,14-/m1/s1. The average Bonchev–Trinajstić information content (AvgIpc) is 3.03. The number of ketones is 1. The van der Waals surface area contributed by atoms with E-state index in [0.717, 1.165) is 5.70 Å². The summed E-state index contributed by atoms with van der Waals surface area (Å²) in [5.74, 6) is 0.0284. The van der Waals surface area contributed by atoms with Crippen molar-refractivity contribution in [2.45, 2.75) is 24.0 Å². The number of non-ortho nitro benzene ring substituents is 1. The van der Waals surface area contributed by atoms with Crippen LogP contribution in [-0.2, 0) is 4.79 Å². The summed E-state index contributed by atoms with van der Waals surface area (Å²) in [5, 5.41) is 19.8. The first-order chi connectivity index (χ1) is 12.5. The molecule has 1 aliphatic carbocycles. The Bertz CT molecular complexity index is 957. The number of nitrogens with one attached hydrogen (secondary N) is 1. The molecule has 134 valence electrons. The predicted octanol–water partition coefficient (Wildman–Crippen LogP) is 3.44. The largest absolute Gasteiger partial charge is 0.328 e. The number of Topliss-reactive ketones (excluding diaryl/α,β-unsaturated/α-hetero) is 1. The molecule has 2 aromatic rings. The molecule has 0 unspecified atom stereocenters. The third kappa shape index (κ3) is 2.67. The first kappa shape index (κ1) is 17.0. The molecule has 0 saturated heterocycles. The summed E-state index contributed by atoms with van der Waals surface area (Å²) >= 11 is 7.76. The highest BCUT2D eigenvalue weighted by Crippen LogP contribution is 2.44. The van der Waals surface area contributed by atoms with Crippen molar-refractivity contribution in [1.29, 1.82) is 0 Å². The minimum atomic E-state index is -0.578. The van der Waals surface area contributed by atoms with Gasteiger partial charge in [0.2, 0.25) is 11.1 Å². The Labute approximate surface area is 157 Å². The first-order valence-corrected chi connectivity index (χ1v) is 9.54. The van der Waals surface area contributed by atoms with Crippen molar-refractivity contribution in [1.82, 2.24) is 14.8 Å². The summed E-state index contributed by atoms with van der Waals surface area (Å²) in [6.07, 6.45) is 4.89. The summed E-state index contributed by atoms with van der Waals surface area (Å²) in [6, 6.07) is 3.68. The number of carbonyl (C=O) groups is 1. The van der Waals surface area contributed by atoms with E-state index in [2.05, 4.69) is 15.4 Å². The number of nitro groups is 1.